The molecule has 1 aliphatic carbocycles. The molecular weight excluding hydrogens is 220 g/mol. The summed E-state index contributed by atoms with van der Waals surface area (Å²) >= 11 is 1.51. The van der Waals surface area contributed by atoms with Crippen LogP contribution in [0.4, 0.5) is 0 Å². The van der Waals surface area contributed by atoms with Gasteiger partial charge < -0.3 is 4.74 Å². The summed E-state index contributed by atoms with van der Waals surface area (Å²) in [5.41, 5.74) is 1.19. The van der Waals surface area contributed by atoms with Crippen LogP contribution in [0.25, 0.3) is 0 Å². The van der Waals surface area contributed by atoms with Gasteiger partial charge in [0.2, 0.25) is 0 Å². The Balaban J connectivity index is 2.03. The first-order chi connectivity index (χ1) is 7.81. The monoisotopic (exact) mass is 238 g/mol. The van der Waals surface area contributed by atoms with Gasteiger partial charge in [0.25, 0.3) is 0 Å². The van der Waals surface area contributed by atoms with E-state index in [2.05, 4.69) is 6.07 Å². The summed E-state index contributed by atoms with van der Waals surface area (Å²) in [5, 5.41) is 2.00. The van der Waals surface area contributed by atoms with Crippen LogP contribution in [0.1, 0.15) is 47.8 Å². The Morgan fingerprint density at radius 2 is 2.25 bits per heavy atom. The Morgan fingerprint density at radius 3 is 2.94 bits per heavy atom. The van der Waals surface area contributed by atoms with Gasteiger partial charge in [-0.05, 0) is 36.3 Å². The van der Waals surface area contributed by atoms with Gasteiger partial charge in [-0.25, -0.2) is 4.79 Å². The molecule has 1 saturated carbocycles. The second-order valence-corrected chi connectivity index (χ2v) is 5.27. The minimum absolute atomic E-state index is 0.148. The van der Waals surface area contributed by atoms with Gasteiger partial charge in [-0.15, -0.1) is 11.3 Å². The zero-order chi connectivity index (χ0) is 11.4. The van der Waals surface area contributed by atoms with E-state index in [1.54, 1.807) is 0 Å². The van der Waals surface area contributed by atoms with Crippen LogP contribution in [0.15, 0.2) is 11.4 Å². The molecule has 0 N–H and O–H groups in total. The number of hydrogen-bond acceptors (Lipinski definition) is 3. The van der Waals surface area contributed by atoms with E-state index in [0.717, 1.165) is 17.2 Å². The normalized spacial score (nSPS) is 16.6. The average Bonchev–Trinajstić information content (AvgIpc) is 2.90. The van der Waals surface area contributed by atoms with E-state index in [0.29, 0.717) is 6.61 Å². The number of rotatable bonds is 4. The Hall–Kier alpha value is -0.830. The molecule has 0 aliphatic heterocycles. The van der Waals surface area contributed by atoms with Crippen molar-refractivity contribution in [1.29, 1.82) is 0 Å². The van der Waals surface area contributed by atoms with Crippen LogP contribution >= 0.6 is 11.3 Å². The molecule has 0 bridgehead atoms. The number of carbonyl (C=O) groups excluding carboxylic acids is 1. The lowest BCUT2D eigenvalue weighted by Crippen LogP contribution is -2.07. The van der Waals surface area contributed by atoms with Crippen molar-refractivity contribution in [2.75, 3.05) is 6.61 Å². The van der Waals surface area contributed by atoms with Gasteiger partial charge in [-0.3, -0.25) is 0 Å². The van der Waals surface area contributed by atoms with Crippen LogP contribution in [-0.2, 0) is 11.2 Å². The standard InChI is InChI=1S/C13H18O2S/c1-2-15-13(14)12-11(7-8-16-12)9-10-5-3-4-6-10/h7-8,10H,2-6,9H2,1H3. The molecule has 0 spiro atoms. The summed E-state index contributed by atoms with van der Waals surface area (Å²) in [6, 6.07) is 2.08. The first-order valence-corrected chi connectivity index (χ1v) is 6.92. The molecule has 2 nitrogen and oxygen atoms in total. The van der Waals surface area contributed by atoms with E-state index in [1.165, 1.54) is 42.6 Å². The molecule has 0 amide bonds. The van der Waals surface area contributed by atoms with Crippen molar-refractivity contribution in [3.63, 3.8) is 0 Å². The molecule has 3 heteroatoms. The molecule has 0 unspecified atom stereocenters. The van der Waals surface area contributed by atoms with Gasteiger partial charge in [-0.2, -0.15) is 0 Å². The second kappa shape index (κ2) is 5.48. The summed E-state index contributed by atoms with van der Waals surface area (Å²) < 4.78 is 5.06. The van der Waals surface area contributed by atoms with Crippen molar-refractivity contribution in [2.45, 2.75) is 39.0 Å². The van der Waals surface area contributed by atoms with Gasteiger partial charge in [-0.1, -0.05) is 25.7 Å². The maximum Gasteiger partial charge on any atom is 0.348 e. The molecule has 1 heterocycles. The first-order valence-electron chi connectivity index (χ1n) is 6.04. The SMILES string of the molecule is CCOC(=O)c1sccc1CC1CCCC1. The second-order valence-electron chi connectivity index (χ2n) is 4.35. The van der Waals surface area contributed by atoms with E-state index in [-0.39, 0.29) is 5.97 Å². The van der Waals surface area contributed by atoms with Gasteiger partial charge in [0.15, 0.2) is 0 Å². The number of carbonyl (C=O) groups is 1. The Bertz CT molecular complexity index is 351. The topological polar surface area (TPSA) is 26.3 Å². The summed E-state index contributed by atoms with van der Waals surface area (Å²) in [7, 11) is 0. The molecule has 0 saturated heterocycles. The van der Waals surface area contributed by atoms with Crippen molar-refractivity contribution >= 4 is 17.3 Å². The largest absolute Gasteiger partial charge is 0.462 e. The summed E-state index contributed by atoms with van der Waals surface area (Å²) in [6.07, 6.45) is 6.39. The highest BCUT2D eigenvalue weighted by Gasteiger charge is 2.20. The van der Waals surface area contributed by atoms with E-state index in [1.807, 2.05) is 12.3 Å². The van der Waals surface area contributed by atoms with Crippen LogP contribution in [0.5, 0.6) is 0 Å². The first kappa shape index (κ1) is 11.6. The fourth-order valence-electron chi connectivity index (χ4n) is 2.40. The average molecular weight is 238 g/mol. The Kier molecular flexibility index (Phi) is 3.99. The van der Waals surface area contributed by atoms with Gasteiger partial charge in [0, 0.05) is 0 Å². The lowest BCUT2D eigenvalue weighted by atomic mass is 9.98. The molecule has 88 valence electrons. The lowest BCUT2D eigenvalue weighted by molar-refractivity contribution is 0.0531. The van der Waals surface area contributed by atoms with E-state index in [9.17, 15) is 4.79 Å². The number of thiophene rings is 1. The maximum absolute atomic E-state index is 11.7. The highest BCUT2D eigenvalue weighted by atomic mass is 32.1. The summed E-state index contributed by atoms with van der Waals surface area (Å²) in [4.78, 5) is 12.5. The van der Waals surface area contributed by atoms with Crippen molar-refractivity contribution in [1.82, 2.24) is 0 Å². The highest BCUT2D eigenvalue weighted by Crippen LogP contribution is 2.30. The van der Waals surface area contributed by atoms with Crippen molar-refractivity contribution in [2.24, 2.45) is 5.92 Å². The van der Waals surface area contributed by atoms with Gasteiger partial charge in [0.05, 0.1) is 6.61 Å². The van der Waals surface area contributed by atoms with Crippen LogP contribution in [0.2, 0.25) is 0 Å². The Labute approximate surface area is 101 Å². The molecule has 1 aromatic heterocycles. The van der Waals surface area contributed by atoms with Crippen molar-refractivity contribution < 1.29 is 9.53 Å². The molecular formula is C13H18O2S. The molecule has 1 fully saturated rings. The highest BCUT2D eigenvalue weighted by molar-refractivity contribution is 7.12. The zero-order valence-electron chi connectivity index (χ0n) is 9.70. The molecule has 1 aromatic rings. The maximum atomic E-state index is 11.7. The zero-order valence-corrected chi connectivity index (χ0v) is 10.5. The van der Waals surface area contributed by atoms with E-state index < -0.39 is 0 Å². The minimum atomic E-state index is -0.148. The predicted molar refractivity (Wildman–Crippen MR) is 65.9 cm³/mol. The predicted octanol–water partition coefficient (Wildman–Crippen LogP) is 3.66. The molecule has 2 rings (SSSR count). The van der Waals surface area contributed by atoms with Crippen LogP contribution in [-0.4, -0.2) is 12.6 Å². The summed E-state index contributed by atoms with van der Waals surface area (Å²) in [6.45, 7) is 2.31. The molecule has 16 heavy (non-hydrogen) atoms. The van der Waals surface area contributed by atoms with Gasteiger partial charge >= 0.3 is 5.97 Å². The van der Waals surface area contributed by atoms with Crippen LogP contribution in [0, 0.1) is 5.92 Å². The number of hydrogen-bond donors (Lipinski definition) is 0. The lowest BCUT2D eigenvalue weighted by Gasteiger charge is -2.09. The number of ether oxygens (including phenoxy) is 1. The Morgan fingerprint density at radius 1 is 1.50 bits per heavy atom. The minimum Gasteiger partial charge on any atom is -0.462 e. The van der Waals surface area contributed by atoms with E-state index >= 15 is 0 Å². The summed E-state index contributed by atoms with van der Waals surface area (Å²) in [5.74, 6) is 0.633. The number of esters is 1. The van der Waals surface area contributed by atoms with Crippen LogP contribution in [0.3, 0.4) is 0 Å². The fraction of sp³-hybridized carbons (Fsp3) is 0.615. The molecule has 0 aromatic carbocycles. The van der Waals surface area contributed by atoms with E-state index in [4.69, 9.17) is 4.74 Å². The molecule has 0 radical (unpaired) electrons. The third-order valence-electron chi connectivity index (χ3n) is 3.19. The smallest absolute Gasteiger partial charge is 0.348 e. The molecule has 1 aliphatic rings. The molecule has 0 atom stereocenters. The quantitative estimate of drug-likeness (QED) is 0.748. The third kappa shape index (κ3) is 2.64. The van der Waals surface area contributed by atoms with Gasteiger partial charge in [0.1, 0.15) is 4.88 Å². The van der Waals surface area contributed by atoms with Crippen molar-refractivity contribution in [3.8, 4) is 0 Å². The van der Waals surface area contributed by atoms with Crippen LogP contribution < -0.4 is 0 Å². The fourth-order valence-corrected chi connectivity index (χ4v) is 3.22. The third-order valence-corrected chi connectivity index (χ3v) is 4.13. The van der Waals surface area contributed by atoms with Crippen molar-refractivity contribution in [3.05, 3.63) is 21.9 Å².